The number of carbonyl (C=O) groups excluding carboxylic acids is 1. The van der Waals surface area contributed by atoms with E-state index in [-0.39, 0.29) is 5.97 Å². The van der Waals surface area contributed by atoms with E-state index in [9.17, 15) is 4.79 Å². The minimum atomic E-state index is -0.184. The number of benzene rings is 1. The molecule has 2 rings (SSSR count). The summed E-state index contributed by atoms with van der Waals surface area (Å²) in [5.41, 5.74) is 0.927. The molecule has 0 aliphatic heterocycles. The fourth-order valence-electron chi connectivity index (χ4n) is 1.97. The molecule has 2 aromatic rings. The van der Waals surface area contributed by atoms with Crippen molar-refractivity contribution in [3.8, 4) is 5.75 Å². The molecule has 0 spiro atoms. The predicted octanol–water partition coefficient (Wildman–Crippen LogP) is 3.40. The molecule has 0 fully saturated rings. The van der Waals surface area contributed by atoms with E-state index in [1.54, 1.807) is 6.07 Å². The van der Waals surface area contributed by atoms with E-state index in [0.29, 0.717) is 18.1 Å². The number of hydrogen-bond acceptors (Lipinski definition) is 3. The molecule has 1 aromatic carbocycles. The second-order valence-corrected chi connectivity index (χ2v) is 5.19. The molecule has 0 N–H and O–H groups in total. The van der Waals surface area contributed by atoms with Gasteiger partial charge in [0.15, 0.2) is 0 Å². The molecule has 102 valence electrons. The van der Waals surface area contributed by atoms with E-state index in [0.717, 1.165) is 23.9 Å². The van der Waals surface area contributed by atoms with Crippen molar-refractivity contribution >= 4 is 16.9 Å². The van der Waals surface area contributed by atoms with Gasteiger partial charge in [0.1, 0.15) is 5.75 Å². The second-order valence-electron chi connectivity index (χ2n) is 5.19. The van der Waals surface area contributed by atoms with Crippen LogP contribution in [0.3, 0.4) is 0 Å². The van der Waals surface area contributed by atoms with E-state index in [2.05, 4.69) is 18.9 Å². The zero-order chi connectivity index (χ0) is 13.8. The summed E-state index contributed by atoms with van der Waals surface area (Å²) in [4.78, 5) is 11.5. The molecular formula is C15H20N2O2. The quantitative estimate of drug-likeness (QED) is 0.611. The van der Waals surface area contributed by atoms with Gasteiger partial charge in [-0.05, 0) is 30.5 Å². The molecule has 0 saturated carbocycles. The van der Waals surface area contributed by atoms with Crippen molar-refractivity contribution in [2.75, 3.05) is 0 Å². The number of hydrogen-bond donors (Lipinski definition) is 0. The summed E-state index contributed by atoms with van der Waals surface area (Å²) < 4.78 is 7.21. The Kier molecular flexibility index (Phi) is 4.20. The number of rotatable bonds is 5. The number of esters is 1. The first kappa shape index (κ1) is 13.6. The van der Waals surface area contributed by atoms with Gasteiger partial charge in [0.05, 0.1) is 5.52 Å². The first-order valence-corrected chi connectivity index (χ1v) is 6.76. The second kappa shape index (κ2) is 5.87. The lowest BCUT2D eigenvalue weighted by atomic mass is 10.2. The molecule has 0 bridgehead atoms. The van der Waals surface area contributed by atoms with Crippen molar-refractivity contribution in [1.29, 1.82) is 0 Å². The first-order chi connectivity index (χ1) is 9.08. The highest BCUT2D eigenvalue weighted by molar-refractivity contribution is 5.81. The monoisotopic (exact) mass is 260 g/mol. The van der Waals surface area contributed by atoms with Gasteiger partial charge in [-0.25, -0.2) is 0 Å². The SMILES string of the molecule is CCCC(=O)Oc1ccc2nn(CC(C)C)cc2c1. The summed E-state index contributed by atoms with van der Waals surface area (Å²) in [6, 6.07) is 5.55. The summed E-state index contributed by atoms with van der Waals surface area (Å²) >= 11 is 0. The van der Waals surface area contributed by atoms with Gasteiger partial charge >= 0.3 is 5.97 Å². The maximum Gasteiger partial charge on any atom is 0.311 e. The van der Waals surface area contributed by atoms with Crippen molar-refractivity contribution in [3.05, 3.63) is 24.4 Å². The average molecular weight is 260 g/mol. The van der Waals surface area contributed by atoms with Crippen molar-refractivity contribution in [2.24, 2.45) is 5.92 Å². The zero-order valence-corrected chi connectivity index (χ0v) is 11.7. The highest BCUT2D eigenvalue weighted by atomic mass is 16.5. The Morgan fingerprint density at radius 2 is 2.21 bits per heavy atom. The zero-order valence-electron chi connectivity index (χ0n) is 11.7. The summed E-state index contributed by atoms with van der Waals surface area (Å²) in [6.45, 7) is 7.16. The van der Waals surface area contributed by atoms with Crippen LogP contribution < -0.4 is 4.74 Å². The number of nitrogens with zero attached hydrogens (tertiary/aromatic N) is 2. The molecule has 0 aliphatic rings. The van der Waals surface area contributed by atoms with E-state index >= 15 is 0 Å². The van der Waals surface area contributed by atoms with Crippen LogP contribution in [-0.4, -0.2) is 15.7 Å². The molecule has 1 heterocycles. The Morgan fingerprint density at radius 3 is 2.89 bits per heavy atom. The summed E-state index contributed by atoms with van der Waals surface area (Å²) in [7, 11) is 0. The minimum Gasteiger partial charge on any atom is -0.427 e. The molecule has 4 nitrogen and oxygen atoms in total. The lowest BCUT2D eigenvalue weighted by Gasteiger charge is -2.02. The van der Waals surface area contributed by atoms with Crippen LogP contribution in [0.4, 0.5) is 0 Å². The Labute approximate surface area is 113 Å². The predicted molar refractivity (Wildman–Crippen MR) is 75.1 cm³/mol. The van der Waals surface area contributed by atoms with Gasteiger partial charge in [0, 0.05) is 24.5 Å². The largest absolute Gasteiger partial charge is 0.427 e. The first-order valence-electron chi connectivity index (χ1n) is 6.76. The average Bonchev–Trinajstić information content (AvgIpc) is 2.69. The Bertz CT molecular complexity index is 573. The van der Waals surface area contributed by atoms with Crippen molar-refractivity contribution in [2.45, 2.75) is 40.2 Å². The van der Waals surface area contributed by atoms with E-state index < -0.39 is 0 Å². The molecular weight excluding hydrogens is 240 g/mol. The Balaban J connectivity index is 2.18. The molecule has 4 heteroatoms. The lowest BCUT2D eigenvalue weighted by molar-refractivity contribution is -0.134. The fourth-order valence-corrected chi connectivity index (χ4v) is 1.97. The maximum atomic E-state index is 11.5. The number of carbonyl (C=O) groups is 1. The van der Waals surface area contributed by atoms with Crippen LogP contribution >= 0.6 is 0 Å². The highest BCUT2D eigenvalue weighted by Crippen LogP contribution is 2.20. The highest BCUT2D eigenvalue weighted by Gasteiger charge is 2.07. The standard InChI is InChI=1S/C15H20N2O2/c1-4-5-15(18)19-13-6-7-14-12(8-13)10-17(16-14)9-11(2)3/h6-8,10-11H,4-5,9H2,1-3H3. The Morgan fingerprint density at radius 1 is 1.42 bits per heavy atom. The van der Waals surface area contributed by atoms with Crippen LogP contribution in [0.5, 0.6) is 5.75 Å². The van der Waals surface area contributed by atoms with E-state index in [1.807, 2.05) is 29.9 Å². The molecule has 0 radical (unpaired) electrons. The molecule has 0 saturated heterocycles. The third-order valence-electron chi connectivity index (χ3n) is 2.76. The fraction of sp³-hybridized carbons (Fsp3) is 0.467. The molecule has 19 heavy (non-hydrogen) atoms. The van der Waals surface area contributed by atoms with Crippen LogP contribution in [0.1, 0.15) is 33.6 Å². The third kappa shape index (κ3) is 3.56. The molecule has 0 unspecified atom stereocenters. The molecule has 0 atom stereocenters. The normalized spacial score (nSPS) is 11.2. The molecule has 0 aliphatic carbocycles. The van der Waals surface area contributed by atoms with Gasteiger partial charge in [0.25, 0.3) is 0 Å². The molecule has 0 amide bonds. The van der Waals surface area contributed by atoms with Crippen LogP contribution in [0, 0.1) is 5.92 Å². The topological polar surface area (TPSA) is 44.1 Å². The van der Waals surface area contributed by atoms with Crippen LogP contribution in [-0.2, 0) is 11.3 Å². The van der Waals surface area contributed by atoms with E-state index in [1.165, 1.54) is 0 Å². The van der Waals surface area contributed by atoms with Gasteiger partial charge in [-0.3, -0.25) is 9.48 Å². The van der Waals surface area contributed by atoms with Crippen LogP contribution in [0.15, 0.2) is 24.4 Å². The van der Waals surface area contributed by atoms with E-state index in [4.69, 9.17) is 4.74 Å². The van der Waals surface area contributed by atoms with Gasteiger partial charge < -0.3 is 4.74 Å². The maximum absolute atomic E-state index is 11.5. The van der Waals surface area contributed by atoms with Crippen molar-refractivity contribution in [3.63, 3.8) is 0 Å². The van der Waals surface area contributed by atoms with Gasteiger partial charge in [-0.1, -0.05) is 20.8 Å². The van der Waals surface area contributed by atoms with Gasteiger partial charge in [-0.2, -0.15) is 5.10 Å². The smallest absolute Gasteiger partial charge is 0.311 e. The minimum absolute atomic E-state index is 0.184. The van der Waals surface area contributed by atoms with Crippen molar-refractivity contribution in [1.82, 2.24) is 9.78 Å². The van der Waals surface area contributed by atoms with Gasteiger partial charge in [-0.15, -0.1) is 0 Å². The number of fused-ring (bicyclic) bond motifs is 1. The number of ether oxygens (including phenoxy) is 1. The van der Waals surface area contributed by atoms with Crippen LogP contribution in [0.2, 0.25) is 0 Å². The Hall–Kier alpha value is -1.84. The third-order valence-corrected chi connectivity index (χ3v) is 2.76. The summed E-state index contributed by atoms with van der Waals surface area (Å²) in [6.07, 6.45) is 3.24. The summed E-state index contributed by atoms with van der Waals surface area (Å²) in [5.74, 6) is 0.961. The van der Waals surface area contributed by atoms with Crippen LogP contribution in [0.25, 0.3) is 10.9 Å². The lowest BCUT2D eigenvalue weighted by Crippen LogP contribution is -2.06. The van der Waals surface area contributed by atoms with Gasteiger partial charge in [0.2, 0.25) is 0 Å². The van der Waals surface area contributed by atoms with Crippen molar-refractivity contribution < 1.29 is 9.53 Å². The summed E-state index contributed by atoms with van der Waals surface area (Å²) in [5, 5.41) is 5.49. The number of aromatic nitrogens is 2. The molecule has 1 aromatic heterocycles.